The normalized spacial score (nSPS) is 13.7. The monoisotopic (exact) mass is 419 g/mol. The van der Waals surface area contributed by atoms with E-state index in [1.165, 1.54) is 0 Å². The van der Waals surface area contributed by atoms with Gasteiger partial charge >= 0.3 is 0 Å². The molecule has 1 aromatic heterocycles. The van der Waals surface area contributed by atoms with E-state index in [4.69, 9.17) is 4.74 Å². The minimum atomic E-state index is -0.0891. The molecule has 0 unspecified atom stereocenters. The molecule has 0 spiro atoms. The molecular weight excluding hydrogens is 394 g/mol. The predicted octanol–water partition coefficient (Wildman–Crippen LogP) is 4.24. The van der Waals surface area contributed by atoms with Crippen LogP contribution in [0.15, 0.2) is 66.9 Å². The fourth-order valence-corrected chi connectivity index (χ4v) is 4.28. The number of hydrogen-bond donors (Lipinski definition) is 1. The van der Waals surface area contributed by atoms with Crippen molar-refractivity contribution in [3.63, 3.8) is 0 Å². The maximum absolute atomic E-state index is 12.5. The van der Waals surface area contributed by atoms with E-state index in [0.717, 1.165) is 52.9 Å². The van der Waals surface area contributed by atoms with Crippen molar-refractivity contribution in [2.75, 3.05) is 36.6 Å². The second-order valence-corrected chi connectivity index (χ2v) is 8.34. The zero-order valence-electron chi connectivity index (χ0n) is 17.0. The quantitative estimate of drug-likeness (QED) is 0.648. The molecule has 1 amide bonds. The average molecular weight is 420 g/mol. The number of carbonyl (C=O) groups excluding carboxylic acids is 1. The summed E-state index contributed by atoms with van der Waals surface area (Å²) in [4.78, 5) is 19.4. The molecule has 3 aromatic rings. The molecule has 154 valence electrons. The van der Waals surface area contributed by atoms with Crippen molar-refractivity contribution >= 4 is 23.5 Å². The van der Waals surface area contributed by atoms with Crippen molar-refractivity contribution in [2.24, 2.45) is 0 Å². The fourth-order valence-electron chi connectivity index (χ4n) is 3.38. The molecule has 6 heteroatoms. The summed E-state index contributed by atoms with van der Waals surface area (Å²) in [5.74, 6) is 4.07. The Morgan fingerprint density at radius 2 is 1.70 bits per heavy atom. The molecule has 1 N–H and O–H groups in total. The lowest BCUT2D eigenvalue weighted by molar-refractivity contribution is 0.0951. The molecule has 0 bridgehead atoms. The Morgan fingerprint density at radius 3 is 2.33 bits per heavy atom. The number of methoxy groups -OCH3 is 1. The van der Waals surface area contributed by atoms with Gasteiger partial charge in [-0.2, -0.15) is 11.8 Å². The predicted molar refractivity (Wildman–Crippen MR) is 123 cm³/mol. The standard InChI is InChI=1S/C24H25N3O2S/c1-29-22-9-2-18(3-10-22)16-26-24(28)20-6-4-19(5-7-20)21-8-11-23(25-17-21)27-12-14-30-15-13-27/h2-11,17H,12-16H2,1H3,(H,26,28). The van der Waals surface area contributed by atoms with Gasteiger partial charge in [-0.25, -0.2) is 4.98 Å². The van der Waals surface area contributed by atoms with E-state index < -0.39 is 0 Å². The first-order chi connectivity index (χ1) is 14.7. The van der Waals surface area contributed by atoms with Gasteiger partial charge in [0.25, 0.3) is 5.91 Å². The van der Waals surface area contributed by atoms with Crippen LogP contribution in [0, 0.1) is 0 Å². The number of pyridine rings is 1. The Morgan fingerprint density at radius 1 is 1.00 bits per heavy atom. The van der Waals surface area contributed by atoms with Gasteiger partial charge in [0.05, 0.1) is 7.11 Å². The Labute approximate surface area is 181 Å². The van der Waals surface area contributed by atoms with Crippen molar-refractivity contribution in [1.29, 1.82) is 0 Å². The smallest absolute Gasteiger partial charge is 0.251 e. The molecule has 1 aliphatic heterocycles. The molecule has 4 rings (SSSR count). The number of amides is 1. The molecule has 5 nitrogen and oxygen atoms in total. The second kappa shape index (κ2) is 9.67. The van der Waals surface area contributed by atoms with E-state index in [2.05, 4.69) is 27.3 Å². The number of nitrogens with one attached hydrogen (secondary N) is 1. The summed E-state index contributed by atoms with van der Waals surface area (Å²) >= 11 is 1.99. The molecule has 0 atom stereocenters. The van der Waals surface area contributed by atoms with Crippen LogP contribution in [0.2, 0.25) is 0 Å². The number of thioether (sulfide) groups is 1. The number of nitrogens with zero attached hydrogens (tertiary/aromatic N) is 2. The number of hydrogen-bond acceptors (Lipinski definition) is 5. The third-order valence-corrected chi connectivity index (χ3v) is 6.12. The van der Waals surface area contributed by atoms with Gasteiger partial charge in [-0.05, 0) is 47.5 Å². The molecule has 30 heavy (non-hydrogen) atoms. The van der Waals surface area contributed by atoms with Crippen LogP contribution in [-0.4, -0.2) is 42.6 Å². The van der Waals surface area contributed by atoms with Gasteiger partial charge in [-0.15, -0.1) is 0 Å². The van der Waals surface area contributed by atoms with E-state index in [1.54, 1.807) is 7.11 Å². The minimum Gasteiger partial charge on any atom is -0.497 e. The van der Waals surface area contributed by atoms with E-state index in [1.807, 2.05) is 66.5 Å². The lowest BCUT2D eigenvalue weighted by atomic mass is 10.1. The van der Waals surface area contributed by atoms with E-state index in [-0.39, 0.29) is 5.91 Å². The molecule has 0 radical (unpaired) electrons. The van der Waals surface area contributed by atoms with Crippen LogP contribution < -0.4 is 15.0 Å². The van der Waals surface area contributed by atoms with Crippen LogP contribution in [0.25, 0.3) is 11.1 Å². The number of rotatable bonds is 6. The molecule has 1 aliphatic rings. The molecule has 0 aliphatic carbocycles. The Kier molecular flexibility index (Phi) is 6.54. The van der Waals surface area contributed by atoms with Crippen molar-refractivity contribution in [3.05, 3.63) is 78.0 Å². The van der Waals surface area contributed by atoms with Gasteiger partial charge in [0.15, 0.2) is 0 Å². The van der Waals surface area contributed by atoms with Crippen LogP contribution in [0.3, 0.4) is 0 Å². The van der Waals surface area contributed by atoms with Gasteiger partial charge in [-0.3, -0.25) is 4.79 Å². The molecule has 2 heterocycles. The molecular formula is C24H25N3O2S. The average Bonchev–Trinajstić information content (AvgIpc) is 2.83. The molecule has 0 saturated carbocycles. The van der Waals surface area contributed by atoms with Crippen molar-refractivity contribution in [1.82, 2.24) is 10.3 Å². The summed E-state index contributed by atoms with van der Waals surface area (Å²) in [5.41, 5.74) is 3.77. The Hall–Kier alpha value is -2.99. The highest BCUT2D eigenvalue weighted by molar-refractivity contribution is 7.99. The van der Waals surface area contributed by atoms with Crippen LogP contribution in [0.1, 0.15) is 15.9 Å². The highest BCUT2D eigenvalue weighted by Crippen LogP contribution is 2.23. The van der Waals surface area contributed by atoms with Gasteiger partial charge in [0.2, 0.25) is 0 Å². The largest absolute Gasteiger partial charge is 0.497 e. The summed E-state index contributed by atoms with van der Waals surface area (Å²) in [6, 6.07) is 19.5. The van der Waals surface area contributed by atoms with Crippen LogP contribution in [0.5, 0.6) is 5.75 Å². The summed E-state index contributed by atoms with van der Waals surface area (Å²) in [6.07, 6.45) is 1.91. The first-order valence-corrected chi connectivity index (χ1v) is 11.2. The Bertz CT molecular complexity index is 967. The van der Waals surface area contributed by atoms with E-state index in [9.17, 15) is 4.79 Å². The summed E-state index contributed by atoms with van der Waals surface area (Å²) in [5, 5.41) is 2.96. The third kappa shape index (κ3) is 4.94. The van der Waals surface area contributed by atoms with Crippen molar-refractivity contribution in [2.45, 2.75) is 6.54 Å². The number of carbonyl (C=O) groups is 1. The number of aromatic nitrogens is 1. The minimum absolute atomic E-state index is 0.0891. The second-order valence-electron chi connectivity index (χ2n) is 7.11. The highest BCUT2D eigenvalue weighted by Gasteiger charge is 2.12. The first-order valence-electron chi connectivity index (χ1n) is 10.0. The van der Waals surface area contributed by atoms with Crippen LogP contribution in [-0.2, 0) is 6.54 Å². The number of anilines is 1. The topological polar surface area (TPSA) is 54.5 Å². The zero-order valence-corrected chi connectivity index (χ0v) is 17.8. The van der Waals surface area contributed by atoms with Crippen LogP contribution >= 0.6 is 11.8 Å². The third-order valence-electron chi connectivity index (χ3n) is 5.18. The SMILES string of the molecule is COc1ccc(CNC(=O)c2ccc(-c3ccc(N4CCSCC4)nc3)cc2)cc1. The molecule has 2 aromatic carbocycles. The fraction of sp³-hybridized carbons (Fsp3) is 0.250. The highest BCUT2D eigenvalue weighted by atomic mass is 32.2. The van der Waals surface area contributed by atoms with Crippen molar-refractivity contribution in [3.8, 4) is 16.9 Å². The van der Waals surface area contributed by atoms with Gasteiger partial charge in [0, 0.05) is 48.5 Å². The number of ether oxygens (including phenoxy) is 1. The van der Waals surface area contributed by atoms with Gasteiger partial charge in [-0.1, -0.05) is 24.3 Å². The van der Waals surface area contributed by atoms with E-state index in [0.29, 0.717) is 12.1 Å². The first kappa shape index (κ1) is 20.3. The maximum Gasteiger partial charge on any atom is 0.251 e. The number of benzene rings is 2. The summed E-state index contributed by atoms with van der Waals surface area (Å²) in [7, 11) is 1.64. The summed E-state index contributed by atoms with van der Waals surface area (Å²) in [6.45, 7) is 2.58. The zero-order chi connectivity index (χ0) is 20.8. The van der Waals surface area contributed by atoms with Gasteiger partial charge < -0.3 is 15.0 Å². The van der Waals surface area contributed by atoms with E-state index >= 15 is 0 Å². The van der Waals surface area contributed by atoms with Crippen LogP contribution in [0.4, 0.5) is 5.82 Å². The molecule has 1 saturated heterocycles. The Balaban J connectivity index is 1.36. The lowest BCUT2D eigenvalue weighted by Gasteiger charge is -2.27. The van der Waals surface area contributed by atoms with Crippen molar-refractivity contribution < 1.29 is 9.53 Å². The molecule has 1 fully saturated rings. The summed E-state index contributed by atoms with van der Waals surface area (Å²) < 4.78 is 5.15. The maximum atomic E-state index is 12.5. The lowest BCUT2D eigenvalue weighted by Crippen LogP contribution is -2.32. The van der Waals surface area contributed by atoms with Gasteiger partial charge in [0.1, 0.15) is 11.6 Å².